The number of hydrogen-bond acceptors (Lipinski definition) is 2. The van der Waals surface area contributed by atoms with Crippen LogP contribution in [-0.2, 0) is 0 Å². The van der Waals surface area contributed by atoms with Gasteiger partial charge in [-0.05, 0) is 145 Å². The Morgan fingerprint density at radius 3 is 0.810 bits per heavy atom. The van der Waals surface area contributed by atoms with E-state index in [1.807, 2.05) is 22.7 Å². The zero-order chi connectivity index (χ0) is 38.2. The molecule has 12 aromatic rings. The van der Waals surface area contributed by atoms with Gasteiger partial charge < -0.3 is 0 Å². The summed E-state index contributed by atoms with van der Waals surface area (Å²) in [6.07, 6.45) is 0. The fourth-order valence-electron chi connectivity index (χ4n) is 9.64. The molecule has 270 valence electrons. The Bertz CT molecular complexity index is 3210. The summed E-state index contributed by atoms with van der Waals surface area (Å²) in [5, 5.41) is 19.5. The van der Waals surface area contributed by atoms with Crippen LogP contribution in [0.2, 0.25) is 0 Å². The van der Waals surface area contributed by atoms with Gasteiger partial charge in [-0.1, -0.05) is 158 Å². The maximum atomic E-state index is 2.48. The molecule has 10 aromatic carbocycles. The van der Waals surface area contributed by atoms with E-state index in [0.717, 1.165) is 0 Å². The molecule has 0 fully saturated rings. The predicted octanol–water partition coefficient (Wildman–Crippen LogP) is 17.1. The van der Waals surface area contributed by atoms with Gasteiger partial charge in [-0.25, -0.2) is 0 Å². The third-order valence-corrected chi connectivity index (χ3v) is 13.7. The van der Waals surface area contributed by atoms with Crippen molar-refractivity contribution >= 4 is 87.3 Å². The summed E-state index contributed by atoms with van der Waals surface area (Å²) in [4.78, 5) is 2.58. The first-order valence-electron chi connectivity index (χ1n) is 19.8. The zero-order valence-electron chi connectivity index (χ0n) is 31.4. The van der Waals surface area contributed by atoms with E-state index in [1.165, 1.54) is 119 Å². The van der Waals surface area contributed by atoms with E-state index in [0.29, 0.717) is 0 Å². The average Bonchev–Trinajstić information content (AvgIpc) is 4.02. The Morgan fingerprint density at radius 1 is 0.224 bits per heavy atom. The summed E-state index contributed by atoms with van der Waals surface area (Å²) in [7, 11) is 0. The number of thiophene rings is 2. The zero-order valence-corrected chi connectivity index (χ0v) is 33.1. The van der Waals surface area contributed by atoms with Crippen molar-refractivity contribution in [2.24, 2.45) is 0 Å². The highest BCUT2D eigenvalue weighted by atomic mass is 32.1. The third-order valence-electron chi connectivity index (χ3n) is 12.0. The normalized spacial score (nSPS) is 11.8. The quantitative estimate of drug-likeness (QED) is 0.153. The van der Waals surface area contributed by atoms with Crippen LogP contribution >= 0.6 is 22.7 Å². The van der Waals surface area contributed by atoms with Crippen LogP contribution in [-0.4, -0.2) is 0 Å². The molecule has 0 aliphatic heterocycles. The molecule has 2 heteroatoms. The van der Waals surface area contributed by atoms with Gasteiger partial charge >= 0.3 is 0 Å². The standard InChI is InChI=1S/C56H34S2/c1-3-17-40-35(15-1)31-36-16-2-4-18-41(36)52(40)37-32-38(53-42-19-5-9-23-46(42)55(50-27-13-29-57-50)47-24-10-6-20-43(47)53)34-39(33-37)54-44-21-7-11-25-48(44)56(51-28-14-30-58-51)49-26-12-8-22-45(49)54/h1-34H. The van der Waals surface area contributed by atoms with Gasteiger partial charge in [-0.2, -0.15) is 0 Å². The van der Waals surface area contributed by atoms with Crippen LogP contribution in [0.4, 0.5) is 0 Å². The highest BCUT2D eigenvalue weighted by molar-refractivity contribution is 7.14. The monoisotopic (exact) mass is 770 g/mol. The van der Waals surface area contributed by atoms with Gasteiger partial charge in [0.05, 0.1) is 0 Å². The van der Waals surface area contributed by atoms with E-state index in [9.17, 15) is 0 Å². The van der Waals surface area contributed by atoms with Crippen molar-refractivity contribution < 1.29 is 0 Å². The lowest BCUT2D eigenvalue weighted by Crippen LogP contribution is -1.94. The molecule has 2 heterocycles. The van der Waals surface area contributed by atoms with E-state index in [4.69, 9.17) is 0 Å². The fraction of sp³-hybridized carbons (Fsp3) is 0. The second-order valence-electron chi connectivity index (χ2n) is 15.1. The van der Waals surface area contributed by atoms with Crippen molar-refractivity contribution in [3.63, 3.8) is 0 Å². The summed E-state index contributed by atoms with van der Waals surface area (Å²) in [6, 6.07) is 72.5. The van der Waals surface area contributed by atoms with Gasteiger partial charge in [0.1, 0.15) is 0 Å². The first-order chi connectivity index (χ1) is 28.8. The molecule has 0 saturated carbocycles. The topological polar surface area (TPSA) is 0 Å². The lowest BCUT2D eigenvalue weighted by molar-refractivity contribution is 1.63. The van der Waals surface area contributed by atoms with Crippen LogP contribution in [0.15, 0.2) is 205 Å². The van der Waals surface area contributed by atoms with E-state index in [-0.39, 0.29) is 0 Å². The molecule has 0 aliphatic carbocycles. The minimum atomic E-state index is 1.21. The van der Waals surface area contributed by atoms with Crippen LogP contribution in [0, 0.1) is 0 Å². The molecule has 12 rings (SSSR count). The molecule has 0 spiro atoms. The van der Waals surface area contributed by atoms with Crippen LogP contribution in [0.5, 0.6) is 0 Å². The van der Waals surface area contributed by atoms with Crippen LogP contribution in [0.3, 0.4) is 0 Å². The molecule has 0 aliphatic rings. The lowest BCUT2D eigenvalue weighted by Gasteiger charge is -2.21. The van der Waals surface area contributed by atoms with Crippen LogP contribution in [0.1, 0.15) is 0 Å². The van der Waals surface area contributed by atoms with Gasteiger partial charge in [0.2, 0.25) is 0 Å². The first-order valence-corrected chi connectivity index (χ1v) is 21.6. The summed E-state index contributed by atoms with van der Waals surface area (Å²) in [5.74, 6) is 0. The van der Waals surface area contributed by atoms with Crippen molar-refractivity contribution in [2.45, 2.75) is 0 Å². The van der Waals surface area contributed by atoms with Gasteiger partial charge in [0.15, 0.2) is 0 Å². The molecule has 2 aromatic heterocycles. The molecule has 0 nitrogen and oxygen atoms in total. The van der Waals surface area contributed by atoms with Gasteiger partial charge in [-0.3, -0.25) is 0 Å². The summed E-state index contributed by atoms with van der Waals surface area (Å²) in [6.45, 7) is 0. The molecule has 0 saturated heterocycles. The Labute approximate surface area is 344 Å². The van der Waals surface area contributed by atoms with Crippen molar-refractivity contribution in [3.8, 4) is 54.3 Å². The first kappa shape index (κ1) is 33.3. The Morgan fingerprint density at radius 2 is 0.500 bits per heavy atom. The Balaban J connectivity index is 1.27. The van der Waals surface area contributed by atoms with Crippen molar-refractivity contribution in [2.75, 3.05) is 0 Å². The van der Waals surface area contributed by atoms with Crippen LogP contribution < -0.4 is 0 Å². The number of hydrogen-bond donors (Lipinski definition) is 0. The van der Waals surface area contributed by atoms with E-state index in [2.05, 4.69) is 205 Å². The highest BCUT2D eigenvalue weighted by Gasteiger charge is 2.22. The average molecular weight is 771 g/mol. The minimum absolute atomic E-state index is 1.21. The number of fused-ring (bicyclic) bond motifs is 6. The molecule has 0 bridgehead atoms. The minimum Gasteiger partial charge on any atom is -0.144 e. The lowest BCUT2D eigenvalue weighted by atomic mass is 9.82. The Hall–Kier alpha value is -6.84. The number of rotatable bonds is 5. The fourth-order valence-corrected chi connectivity index (χ4v) is 11.2. The van der Waals surface area contributed by atoms with Gasteiger partial charge in [-0.15, -0.1) is 22.7 Å². The SMILES string of the molecule is c1csc(-c2c3ccccc3c(-c3cc(-c4c5ccccc5cc5ccccc45)cc(-c4c5ccccc5c(-c5cccs5)c5ccccc45)c3)c3ccccc23)c1. The largest absolute Gasteiger partial charge is 0.144 e. The van der Waals surface area contributed by atoms with Gasteiger partial charge in [0, 0.05) is 20.9 Å². The molecule has 0 radical (unpaired) electrons. The molecule has 58 heavy (non-hydrogen) atoms. The molecule has 0 atom stereocenters. The third kappa shape index (κ3) is 5.12. The maximum Gasteiger partial charge on any atom is 0.0355 e. The van der Waals surface area contributed by atoms with E-state index in [1.54, 1.807) is 0 Å². The molecule has 0 N–H and O–H groups in total. The van der Waals surface area contributed by atoms with Gasteiger partial charge in [0.25, 0.3) is 0 Å². The van der Waals surface area contributed by atoms with Crippen molar-refractivity contribution in [3.05, 3.63) is 205 Å². The van der Waals surface area contributed by atoms with E-state index < -0.39 is 0 Å². The van der Waals surface area contributed by atoms with E-state index >= 15 is 0 Å². The van der Waals surface area contributed by atoms with Crippen molar-refractivity contribution in [1.82, 2.24) is 0 Å². The molecular formula is C56H34S2. The van der Waals surface area contributed by atoms with Crippen molar-refractivity contribution in [1.29, 1.82) is 0 Å². The Kier molecular flexibility index (Phi) is 7.69. The molecular weight excluding hydrogens is 737 g/mol. The predicted molar refractivity (Wildman–Crippen MR) is 254 cm³/mol. The second-order valence-corrected chi connectivity index (χ2v) is 17.0. The second kappa shape index (κ2) is 13.4. The molecule has 0 amide bonds. The highest BCUT2D eigenvalue weighted by Crippen LogP contribution is 2.50. The maximum absolute atomic E-state index is 2.48. The summed E-state index contributed by atoms with van der Waals surface area (Å²) >= 11 is 3.62. The number of benzene rings is 10. The van der Waals surface area contributed by atoms with Crippen LogP contribution in [0.25, 0.3) is 119 Å². The molecule has 0 unspecified atom stereocenters. The summed E-state index contributed by atoms with van der Waals surface area (Å²) in [5.41, 5.74) is 10.1. The summed E-state index contributed by atoms with van der Waals surface area (Å²) < 4.78 is 0. The smallest absolute Gasteiger partial charge is 0.0355 e.